The molecule has 2 heterocycles. The Morgan fingerprint density at radius 2 is 1.62 bits per heavy atom. The van der Waals surface area contributed by atoms with Gasteiger partial charge in [0.2, 0.25) is 0 Å². The smallest absolute Gasteiger partial charge is 0.410 e. The molecular weight excluding hydrogens is 472 g/mol. The Morgan fingerprint density at radius 1 is 0.973 bits per heavy atom. The van der Waals surface area contributed by atoms with Crippen molar-refractivity contribution < 1.29 is 24.2 Å². The van der Waals surface area contributed by atoms with Gasteiger partial charge in [-0.1, -0.05) is 42.5 Å². The van der Waals surface area contributed by atoms with Crippen molar-refractivity contribution >= 4 is 18.0 Å². The number of nitrogens with zero attached hydrogens (tertiary/aromatic N) is 4. The number of ether oxygens (including phenoxy) is 1. The highest BCUT2D eigenvalue weighted by Crippen LogP contribution is 2.20. The number of hydrogen-bond donors (Lipinski definition) is 1. The largest absolute Gasteiger partial charge is 0.478 e. The van der Waals surface area contributed by atoms with E-state index in [0.29, 0.717) is 44.8 Å². The van der Waals surface area contributed by atoms with E-state index in [1.807, 2.05) is 51.1 Å². The SMILES string of the molecule is CC(C)(C)OC(=O)N1CCCn2nc(C(=O)N(Cc3ccccc3)Cc3ccc(C(=O)O)cc3)cc2C1. The van der Waals surface area contributed by atoms with Gasteiger partial charge in [-0.2, -0.15) is 5.10 Å². The molecule has 1 N–H and O–H groups in total. The Hall–Kier alpha value is -4.14. The zero-order valence-electron chi connectivity index (χ0n) is 21.4. The molecule has 0 saturated heterocycles. The second-order valence-electron chi connectivity index (χ2n) is 10.1. The van der Waals surface area contributed by atoms with Gasteiger partial charge < -0.3 is 19.6 Å². The molecule has 4 rings (SSSR count). The number of rotatable bonds is 6. The number of amides is 2. The normalized spacial score (nSPS) is 13.4. The van der Waals surface area contributed by atoms with Crippen LogP contribution in [0.1, 0.15) is 64.9 Å². The lowest BCUT2D eigenvalue weighted by Gasteiger charge is -2.26. The first kappa shape index (κ1) is 25.9. The molecule has 0 aliphatic carbocycles. The van der Waals surface area contributed by atoms with Gasteiger partial charge in [-0.25, -0.2) is 9.59 Å². The molecule has 3 aromatic rings. The summed E-state index contributed by atoms with van der Waals surface area (Å²) in [6.45, 7) is 7.61. The van der Waals surface area contributed by atoms with E-state index in [-0.39, 0.29) is 17.6 Å². The molecule has 0 atom stereocenters. The van der Waals surface area contributed by atoms with Gasteiger partial charge in [-0.05, 0) is 56.5 Å². The molecule has 0 unspecified atom stereocenters. The predicted octanol–water partition coefficient (Wildman–Crippen LogP) is 4.56. The first-order valence-electron chi connectivity index (χ1n) is 12.3. The third kappa shape index (κ3) is 6.75. The van der Waals surface area contributed by atoms with Crippen LogP contribution in [0.25, 0.3) is 0 Å². The van der Waals surface area contributed by atoms with E-state index in [4.69, 9.17) is 4.74 Å². The highest BCUT2D eigenvalue weighted by Gasteiger charge is 2.27. The summed E-state index contributed by atoms with van der Waals surface area (Å²) in [7, 11) is 0. The van der Waals surface area contributed by atoms with E-state index in [0.717, 1.165) is 16.8 Å². The van der Waals surface area contributed by atoms with E-state index >= 15 is 0 Å². The fourth-order valence-corrected chi connectivity index (χ4v) is 4.19. The number of aromatic carboxylic acids is 1. The zero-order valence-corrected chi connectivity index (χ0v) is 21.4. The maximum atomic E-state index is 13.7. The monoisotopic (exact) mass is 504 g/mol. The number of aryl methyl sites for hydroxylation is 1. The van der Waals surface area contributed by atoms with E-state index in [9.17, 15) is 19.5 Å². The van der Waals surface area contributed by atoms with E-state index in [1.165, 1.54) is 12.1 Å². The van der Waals surface area contributed by atoms with E-state index < -0.39 is 11.6 Å². The third-order valence-electron chi connectivity index (χ3n) is 5.96. The van der Waals surface area contributed by atoms with Crippen LogP contribution >= 0.6 is 0 Å². The van der Waals surface area contributed by atoms with Crippen LogP contribution in [-0.2, 0) is 30.9 Å². The lowest BCUT2D eigenvalue weighted by atomic mass is 10.1. The summed E-state index contributed by atoms with van der Waals surface area (Å²) in [5.74, 6) is -1.24. The summed E-state index contributed by atoms with van der Waals surface area (Å²) in [4.78, 5) is 40.9. The molecule has 194 valence electrons. The Kier molecular flexibility index (Phi) is 7.61. The van der Waals surface area contributed by atoms with Gasteiger partial charge in [0.05, 0.1) is 17.8 Å². The van der Waals surface area contributed by atoms with Crippen LogP contribution in [0.2, 0.25) is 0 Å². The quantitative estimate of drug-likeness (QED) is 0.528. The van der Waals surface area contributed by atoms with Gasteiger partial charge in [0.1, 0.15) is 5.60 Å². The highest BCUT2D eigenvalue weighted by molar-refractivity contribution is 5.92. The average molecular weight is 505 g/mol. The van der Waals surface area contributed by atoms with Gasteiger partial charge >= 0.3 is 12.1 Å². The van der Waals surface area contributed by atoms with Gasteiger partial charge in [-0.15, -0.1) is 0 Å². The van der Waals surface area contributed by atoms with E-state index in [2.05, 4.69) is 5.10 Å². The van der Waals surface area contributed by atoms with Crippen LogP contribution in [0.15, 0.2) is 60.7 Å². The molecule has 0 bridgehead atoms. The molecule has 9 heteroatoms. The Labute approximate surface area is 216 Å². The van der Waals surface area contributed by atoms with Gasteiger partial charge in [0, 0.05) is 26.2 Å². The molecule has 0 fully saturated rings. The summed E-state index contributed by atoms with van der Waals surface area (Å²) in [6.07, 6.45) is 0.316. The summed E-state index contributed by atoms with van der Waals surface area (Å²) in [5.41, 5.74) is 2.46. The zero-order chi connectivity index (χ0) is 26.6. The number of carbonyl (C=O) groups excluding carboxylic acids is 2. The number of carboxylic acid groups (broad SMARTS) is 1. The third-order valence-corrected chi connectivity index (χ3v) is 5.96. The molecule has 2 aromatic carbocycles. The minimum Gasteiger partial charge on any atom is -0.478 e. The van der Waals surface area contributed by atoms with Crippen molar-refractivity contribution in [2.75, 3.05) is 6.54 Å². The molecule has 0 radical (unpaired) electrons. The maximum Gasteiger partial charge on any atom is 0.410 e. The second kappa shape index (κ2) is 10.9. The van der Waals surface area contributed by atoms with Crippen molar-refractivity contribution in [3.63, 3.8) is 0 Å². The van der Waals surface area contributed by atoms with Crippen molar-refractivity contribution in [2.24, 2.45) is 0 Å². The van der Waals surface area contributed by atoms with Crippen LogP contribution in [0.4, 0.5) is 4.79 Å². The fraction of sp³-hybridized carbons (Fsp3) is 0.357. The van der Waals surface area contributed by atoms with Crippen molar-refractivity contribution in [2.45, 2.75) is 59.0 Å². The number of aromatic nitrogens is 2. The van der Waals surface area contributed by atoms with Gasteiger partial charge in [0.25, 0.3) is 5.91 Å². The molecule has 1 aliphatic heterocycles. The predicted molar refractivity (Wildman–Crippen MR) is 137 cm³/mol. The van der Waals surface area contributed by atoms with Crippen LogP contribution in [0, 0.1) is 0 Å². The Morgan fingerprint density at radius 3 is 2.24 bits per heavy atom. The number of hydrogen-bond acceptors (Lipinski definition) is 5. The number of carbonyl (C=O) groups is 3. The standard InChI is InChI=1S/C28H32N4O5/c1-28(2,3)37-27(36)30-14-7-15-32-23(19-30)16-24(29-32)25(33)31(17-20-8-5-4-6-9-20)18-21-10-12-22(13-11-21)26(34)35/h4-6,8-13,16H,7,14-15,17-19H2,1-3H3,(H,34,35). The number of benzene rings is 2. The molecule has 0 saturated carbocycles. The van der Waals surface area contributed by atoms with E-state index in [1.54, 1.807) is 32.7 Å². The van der Waals surface area contributed by atoms with Crippen molar-refractivity contribution in [1.29, 1.82) is 0 Å². The highest BCUT2D eigenvalue weighted by atomic mass is 16.6. The summed E-state index contributed by atoms with van der Waals surface area (Å²) in [5, 5.41) is 13.8. The van der Waals surface area contributed by atoms with Crippen molar-refractivity contribution in [3.05, 3.63) is 88.7 Å². The first-order chi connectivity index (χ1) is 17.6. The molecule has 1 aromatic heterocycles. The van der Waals surface area contributed by atoms with Crippen molar-refractivity contribution in [1.82, 2.24) is 19.6 Å². The Bertz CT molecular complexity index is 1260. The number of fused-ring (bicyclic) bond motifs is 1. The lowest BCUT2D eigenvalue weighted by molar-refractivity contribution is 0.0236. The summed E-state index contributed by atoms with van der Waals surface area (Å²) < 4.78 is 7.33. The van der Waals surface area contributed by atoms with Crippen LogP contribution < -0.4 is 0 Å². The molecule has 2 amide bonds. The summed E-state index contributed by atoms with van der Waals surface area (Å²) in [6, 6.07) is 17.9. The average Bonchev–Trinajstić information content (AvgIpc) is 3.14. The fourth-order valence-electron chi connectivity index (χ4n) is 4.19. The van der Waals surface area contributed by atoms with Crippen LogP contribution in [0.5, 0.6) is 0 Å². The first-order valence-corrected chi connectivity index (χ1v) is 12.3. The topological polar surface area (TPSA) is 105 Å². The Balaban J connectivity index is 1.56. The lowest BCUT2D eigenvalue weighted by Crippen LogP contribution is -2.36. The minimum absolute atomic E-state index is 0.192. The second-order valence-corrected chi connectivity index (χ2v) is 10.1. The number of carboxylic acids is 1. The molecule has 37 heavy (non-hydrogen) atoms. The molecule has 9 nitrogen and oxygen atoms in total. The minimum atomic E-state index is -0.997. The van der Waals surface area contributed by atoms with Crippen molar-refractivity contribution in [3.8, 4) is 0 Å². The molecule has 1 aliphatic rings. The van der Waals surface area contributed by atoms with Crippen LogP contribution in [-0.4, -0.2) is 54.8 Å². The summed E-state index contributed by atoms with van der Waals surface area (Å²) >= 11 is 0. The van der Waals surface area contributed by atoms with Crippen LogP contribution in [0.3, 0.4) is 0 Å². The maximum absolute atomic E-state index is 13.7. The molecule has 0 spiro atoms. The molecular formula is C28H32N4O5. The van der Waals surface area contributed by atoms with Gasteiger partial charge in [0.15, 0.2) is 5.69 Å². The van der Waals surface area contributed by atoms with Gasteiger partial charge in [-0.3, -0.25) is 9.48 Å².